The molecule has 0 radical (unpaired) electrons. The Bertz CT molecular complexity index is 472. The highest BCUT2D eigenvalue weighted by atomic mass is 79.9. The third-order valence-corrected chi connectivity index (χ3v) is 4.32. The summed E-state index contributed by atoms with van der Waals surface area (Å²) in [7, 11) is -3.45. The molecule has 0 saturated carbocycles. The van der Waals surface area contributed by atoms with E-state index >= 15 is 0 Å². The summed E-state index contributed by atoms with van der Waals surface area (Å²) in [6.45, 7) is 3.87. The van der Waals surface area contributed by atoms with E-state index in [1.807, 2.05) is 6.92 Å². The fraction of sp³-hybridized carbons (Fsp3) is 0.400. The number of aryl methyl sites for hydroxylation is 1. The molecule has 16 heavy (non-hydrogen) atoms. The third-order valence-electron chi connectivity index (χ3n) is 2.05. The number of nitrogens with two attached hydrogens (primary N) is 1. The summed E-state index contributed by atoms with van der Waals surface area (Å²) in [4.78, 5) is 0.241. The van der Waals surface area contributed by atoms with Crippen molar-refractivity contribution in [3.8, 4) is 0 Å². The summed E-state index contributed by atoms with van der Waals surface area (Å²) in [6, 6.07) is 4.70. The number of halogens is 1. The maximum Gasteiger partial charge on any atom is 0.240 e. The van der Waals surface area contributed by atoms with Crippen LogP contribution >= 0.6 is 15.9 Å². The van der Waals surface area contributed by atoms with Gasteiger partial charge in [-0.2, -0.15) is 0 Å². The highest BCUT2D eigenvalue weighted by molar-refractivity contribution is 9.10. The van der Waals surface area contributed by atoms with E-state index in [4.69, 9.17) is 5.73 Å². The molecule has 1 atom stereocenters. The van der Waals surface area contributed by atoms with Crippen molar-refractivity contribution in [1.82, 2.24) is 4.72 Å². The SMILES string of the molecule is Cc1ccc(S(=O)(=O)NC[C@@H](C)N)cc1Br. The van der Waals surface area contributed by atoms with Crippen molar-refractivity contribution in [3.05, 3.63) is 28.2 Å². The molecule has 0 aliphatic carbocycles. The standard InChI is InChI=1S/C10H15BrN2O2S/c1-7-3-4-9(5-10(7)11)16(14,15)13-6-8(2)12/h3-5,8,13H,6,12H2,1-2H3/t8-/m1/s1. The van der Waals surface area contributed by atoms with Crippen LogP contribution in [0.2, 0.25) is 0 Å². The molecule has 0 bridgehead atoms. The van der Waals surface area contributed by atoms with Gasteiger partial charge in [0.05, 0.1) is 4.90 Å². The summed E-state index contributed by atoms with van der Waals surface area (Å²) < 4.78 is 26.8. The quantitative estimate of drug-likeness (QED) is 0.883. The van der Waals surface area contributed by atoms with Gasteiger partial charge >= 0.3 is 0 Å². The Morgan fingerprint density at radius 1 is 1.50 bits per heavy atom. The van der Waals surface area contributed by atoms with Crippen molar-refractivity contribution in [2.45, 2.75) is 24.8 Å². The van der Waals surface area contributed by atoms with E-state index in [-0.39, 0.29) is 17.5 Å². The average molecular weight is 307 g/mol. The molecular weight excluding hydrogens is 292 g/mol. The highest BCUT2D eigenvalue weighted by Crippen LogP contribution is 2.20. The molecule has 0 aliphatic heterocycles. The van der Waals surface area contributed by atoms with Gasteiger partial charge in [0, 0.05) is 17.1 Å². The summed E-state index contributed by atoms with van der Waals surface area (Å²) in [5.74, 6) is 0. The van der Waals surface area contributed by atoms with Gasteiger partial charge in [0.1, 0.15) is 0 Å². The third kappa shape index (κ3) is 3.55. The first-order valence-electron chi connectivity index (χ1n) is 4.84. The number of hydrogen-bond acceptors (Lipinski definition) is 3. The zero-order valence-electron chi connectivity index (χ0n) is 9.20. The van der Waals surface area contributed by atoms with Crippen LogP contribution in [0, 0.1) is 6.92 Å². The van der Waals surface area contributed by atoms with Crippen LogP contribution in [-0.2, 0) is 10.0 Å². The van der Waals surface area contributed by atoms with Crippen LogP contribution in [0.1, 0.15) is 12.5 Å². The minimum absolute atomic E-state index is 0.205. The average Bonchev–Trinajstić information content (AvgIpc) is 2.19. The van der Waals surface area contributed by atoms with Gasteiger partial charge in [0.15, 0.2) is 0 Å². The smallest absolute Gasteiger partial charge is 0.240 e. The van der Waals surface area contributed by atoms with E-state index in [1.165, 1.54) is 0 Å². The predicted octanol–water partition coefficient (Wildman–Crippen LogP) is 1.38. The van der Waals surface area contributed by atoms with Crippen LogP contribution in [0.5, 0.6) is 0 Å². The molecule has 0 aliphatic rings. The number of benzene rings is 1. The molecule has 0 amide bonds. The lowest BCUT2D eigenvalue weighted by molar-refractivity contribution is 0.574. The van der Waals surface area contributed by atoms with E-state index < -0.39 is 10.0 Å². The molecule has 0 unspecified atom stereocenters. The lowest BCUT2D eigenvalue weighted by Crippen LogP contribution is -2.35. The predicted molar refractivity (Wildman–Crippen MR) is 67.7 cm³/mol. The summed E-state index contributed by atoms with van der Waals surface area (Å²) in [5.41, 5.74) is 6.49. The van der Waals surface area contributed by atoms with Gasteiger partial charge in [-0.3, -0.25) is 0 Å². The summed E-state index contributed by atoms with van der Waals surface area (Å²) >= 11 is 3.30. The molecule has 0 spiro atoms. The zero-order valence-corrected chi connectivity index (χ0v) is 11.6. The molecule has 6 heteroatoms. The second kappa shape index (κ2) is 5.27. The largest absolute Gasteiger partial charge is 0.327 e. The molecule has 90 valence electrons. The van der Waals surface area contributed by atoms with E-state index in [0.717, 1.165) is 10.0 Å². The van der Waals surface area contributed by atoms with Crippen LogP contribution in [0.15, 0.2) is 27.6 Å². The normalized spacial score (nSPS) is 13.8. The molecule has 0 aromatic heterocycles. The number of nitrogens with one attached hydrogen (secondary N) is 1. The molecule has 0 saturated heterocycles. The van der Waals surface area contributed by atoms with E-state index in [1.54, 1.807) is 25.1 Å². The monoisotopic (exact) mass is 306 g/mol. The van der Waals surface area contributed by atoms with E-state index in [9.17, 15) is 8.42 Å². The zero-order chi connectivity index (χ0) is 12.3. The molecule has 3 N–H and O–H groups in total. The molecule has 1 rings (SSSR count). The molecule has 0 fully saturated rings. The second-order valence-electron chi connectivity index (χ2n) is 3.74. The Kier molecular flexibility index (Phi) is 4.49. The lowest BCUT2D eigenvalue weighted by atomic mass is 10.2. The molecule has 1 aromatic rings. The molecule has 4 nitrogen and oxygen atoms in total. The number of hydrogen-bond donors (Lipinski definition) is 2. The Morgan fingerprint density at radius 2 is 2.12 bits per heavy atom. The van der Waals surface area contributed by atoms with Crippen molar-refractivity contribution in [1.29, 1.82) is 0 Å². The van der Waals surface area contributed by atoms with Crippen molar-refractivity contribution in [2.24, 2.45) is 5.73 Å². The maximum absolute atomic E-state index is 11.8. The van der Waals surface area contributed by atoms with Crippen LogP contribution in [0.25, 0.3) is 0 Å². The Hall–Kier alpha value is -0.430. The van der Waals surface area contributed by atoms with Gasteiger partial charge in [-0.25, -0.2) is 13.1 Å². The first kappa shape index (κ1) is 13.6. The molecule has 1 aromatic carbocycles. The first-order chi connectivity index (χ1) is 7.33. The lowest BCUT2D eigenvalue weighted by Gasteiger charge is -2.09. The van der Waals surface area contributed by atoms with E-state index in [2.05, 4.69) is 20.7 Å². The van der Waals surface area contributed by atoms with Crippen LogP contribution in [-0.4, -0.2) is 21.0 Å². The summed E-state index contributed by atoms with van der Waals surface area (Å²) in [5, 5.41) is 0. The molecular formula is C10H15BrN2O2S. The fourth-order valence-corrected chi connectivity index (χ4v) is 2.76. The molecule has 0 heterocycles. The van der Waals surface area contributed by atoms with Crippen LogP contribution < -0.4 is 10.5 Å². The van der Waals surface area contributed by atoms with Gasteiger partial charge in [-0.1, -0.05) is 22.0 Å². The fourth-order valence-electron chi connectivity index (χ4n) is 1.07. The Labute approximate surface area is 104 Å². The highest BCUT2D eigenvalue weighted by Gasteiger charge is 2.14. The number of rotatable bonds is 4. The topological polar surface area (TPSA) is 72.2 Å². The summed E-state index contributed by atoms with van der Waals surface area (Å²) in [6.07, 6.45) is 0. The minimum Gasteiger partial charge on any atom is -0.327 e. The first-order valence-corrected chi connectivity index (χ1v) is 7.12. The van der Waals surface area contributed by atoms with Gasteiger partial charge in [0.2, 0.25) is 10.0 Å². The second-order valence-corrected chi connectivity index (χ2v) is 6.36. The van der Waals surface area contributed by atoms with Crippen molar-refractivity contribution in [2.75, 3.05) is 6.54 Å². The Balaban J connectivity index is 2.94. The van der Waals surface area contributed by atoms with Crippen molar-refractivity contribution >= 4 is 26.0 Å². The van der Waals surface area contributed by atoms with Crippen LogP contribution in [0.3, 0.4) is 0 Å². The van der Waals surface area contributed by atoms with Gasteiger partial charge in [-0.05, 0) is 31.5 Å². The number of sulfonamides is 1. The maximum atomic E-state index is 11.8. The van der Waals surface area contributed by atoms with Gasteiger partial charge < -0.3 is 5.73 Å². The van der Waals surface area contributed by atoms with Crippen molar-refractivity contribution in [3.63, 3.8) is 0 Å². The van der Waals surface area contributed by atoms with E-state index in [0.29, 0.717) is 0 Å². The van der Waals surface area contributed by atoms with Crippen LogP contribution in [0.4, 0.5) is 0 Å². The minimum atomic E-state index is -3.45. The van der Waals surface area contributed by atoms with Crippen molar-refractivity contribution < 1.29 is 8.42 Å². The van der Waals surface area contributed by atoms with Gasteiger partial charge in [-0.15, -0.1) is 0 Å². The van der Waals surface area contributed by atoms with Gasteiger partial charge in [0.25, 0.3) is 0 Å². The Morgan fingerprint density at radius 3 is 2.62 bits per heavy atom.